The summed E-state index contributed by atoms with van der Waals surface area (Å²) in [5.41, 5.74) is 3.67. The van der Waals surface area contributed by atoms with Gasteiger partial charge in [0.1, 0.15) is 0 Å². The van der Waals surface area contributed by atoms with Gasteiger partial charge in [-0.3, -0.25) is 10.1 Å². The van der Waals surface area contributed by atoms with Gasteiger partial charge in [0, 0.05) is 23.5 Å². The monoisotopic (exact) mass is 345 g/mol. The molecule has 0 unspecified atom stereocenters. The lowest BCUT2D eigenvalue weighted by Gasteiger charge is -1.94. The summed E-state index contributed by atoms with van der Waals surface area (Å²) in [6, 6.07) is 15.8. The number of hydrogen-bond acceptors (Lipinski definition) is 6. The zero-order valence-electron chi connectivity index (χ0n) is 12.9. The van der Waals surface area contributed by atoms with Crippen LogP contribution in [0.1, 0.15) is 0 Å². The molecule has 25 heavy (non-hydrogen) atoms. The van der Waals surface area contributed by atoms with E-state index in [1.807, 2.05) is 48.5 Å². The Bertz CT molecular complexity index is 1140. The number of nitrogens with one attached hydrogen (secondary N) is 1. The van der Waals surface area contributed by atoms with Crippen LogP contribution in [0, 0.1) is 0 Å². The summed E-state index contributed by atoms with van der Waals surface area (Å²) in [5, 5.41) is 21.3. The van der Waals surface area contributed by atoms with Crippen molar-refractivity contribution in [3.8, 4) is 33.3 Å². The second kappa shape index (κ2) is 5.60. The summed E-state index contributed by atoms with van der Waals surface area (Å²) in [7, 11) is 0. The van der Waals surface area contributed by atoms with Crippen molar-refractivity contribution in [3.63, 3.8) is 0 Å². The minimum Gasteiger partial charge on any atom is -0.275 e. The van der Waals surface area contributed by atoms with Crippen molar-refractivity contribution in [2.45, 2.75) is 0 Å². The standard InChI is InChI=1S/C17H11N7S/c1-2-5-11(6-3-1)13-9-14(20-19-13)16-23-24-15(21-22-17(24)25-16)12-7-4-8-18-10-12/h1-10H,(H,19,20). The highest BCUT2D eigenvalue weighted by atomic mass is 32.1. The first-order chi connectivity index (χ1) is 12.4. The summed E-state index contributed by atoms with van der Waals surface area (Å²) in [5.74, 6) is 0.674. The maximum Gasteiger partial charge on any atom is 0.235 e. The van der Waals surface area contributed by atoms with Gasteiger partial charge in [0.2, 0.25) is 4.96 Å². The van der Waals surface area contributed by atoms with Crippen molar-refractivity contribution in [1.82, 2.24) is 35.0 Å². The fourth-order valence-corrected chi connectivity index (χ4v) is 3.39. The van der Waals surface area contributed by atoms with Gasteiger partial charge in [-0.05, 0) is 18.2 Å². The van der Waals surface area contributed by atoms with Crippen molar-refractivity contribution < 1.29 is 0 Å². The Morgan fingerprint density at radius 3 is 2.68 bits per heavy atom. The Morgan fingerprint density at radius 1 is 0.960 bits per heavy atom. The number of rotatable bonds is 3. The minimum absolute atomic E-state index is 0.674. The smallest absolute Gasteiger partial charge is 0.235 e. The normalized spacial score (nSPS) is 11.2. The minimum atomic E-state index is 0.674. The van der Waals surface area contributed by atoms with Gasteiger partial charge in [-0.15, -0.1) is 10.2 Å². The Hall–Kier alpha value is -3.39. The second-order valence-corrected chi connectivity index (χ2v) is 6.36. The first-order valence-corrected chi connectivity index (χ1v) is 8.44. The van der Waals surface area contributed by atoms with Gasteiger partial charge < -0.3 is 0 Å². The number of pyridine rings is 1. The van der Waals surface area contributed by atoms with E-state index in [4.69, 9.17) is 0 Å². The molecule has 5 rings (SSSR count). The van der Waals surface area contributed by atoms with Crippen molar-refractivity contribution >= 4 is 16.3 Å². The van der Waals surface area contributed by atoms with E-state index >= 15 is 0 Å². The lowest BCUT2D eigenvalue weighted by Crippen LogP contribution is -1.91. The molecule has 7 nitrogen and oxygen atoms in total. The van der Waals surface area contributed by atoms with E-state index in [2.05, 4.69) is 30.5 Å². The van der Waals surface area contributed by atoms with Crippen LogP contribution in [0.2, 0.25) is 0 Å². The van der Waals surface area contributed by atoms with E-state index in [9.17, 15) is 0 Å². The molecule has 0 spiro atoms. The van der Waals surface area contributed by atoms with Crippen LogP contribution in [-0.2, 0) is 0 Å². The molecule has 0 aliphatic rings. The van der Waals surface area contributed by atoms with Crippen LogP contribution in [0.25, 0.3) is 38.3 Å². The van der Waals surface area contributed by atoms with Gasteiger partial charge in [0.15, 0.2) is 10.8 Å². The van der Waals surface area contributed by atoms with E-state index in [1.54, 1.807) is 16.9 Å². The Kier molecular flexibility index (Phi) is 3.14. The number of aromatic nitrogens is 7. The highest BCUT2D eigenvalue weighted by Crippen LogP contribution is 2.29. The third-order valence-electron chi connectivity index (χ3n) is 3.79. The predicted molar refractivity (Wildman–Crippen MR) is 94.9 cm³/mol. The molecule has 0 bridgehead atoms. The van der Waals surface area contributed by atoms with Crippen LogP contribution in [0.3, 0.4) is 0 Å². The predicted octanol–water partition coefficient (Wildman–Crippen LogP) is 3.30. The molecule has 0 atom stereocenters. The molecule has 0 aliphatic heterocycles. The molecule has 0 fully saturated rings. The molecule has 0 saturated heterocycles. The van der Waals surface area contributed by atoms with Crippen molar-refractivity contribution in [2.75, 3.05) is 0 Å². The summed E-state index contributed by atoms with van der Waals surface area (Å²) in [6.45, 7) is 0. The number of benzene rings is 1. The third-order valence-corrected chi connectivity index (χ3v) is 4.72. The van der Waals surface area contributed by atoms with Crippen LogP contribution < -0.4 is 0 Å². The molecule has 1 N–H and O–H groups in total. The summed E-state index contributed by atoms with van der Waals surface area (Å²) in [4.78, 5) is 4.85. The van der Waals surface area contributed by atoms with Gasteiger partial charge in [0.25, 0.3) is 0 Å². The molecule has 4 heterocycles. The number of aromatic amines is 1. The lowest BCUT2D eigenvalue weighted by molar-refractivity contribution is 0.962. The Balaban J connectivity index is 1.56. The molecule has 0 saturated carbocycles. The van der Waals surface area contributed by atoms with Gasteiger partial charge in [-0.2, -0.15) is 14.7 Å². The molecule has 1 aromatic carbocycles. The summed E-state index contributed by atoms with van der Waals surface area (Å²) in [6.07, 6.45) is 3.48. The van der Waals surface area contributed by atoms with Gasteiger partial charge in [-0.1, -0.05) is 41.7 Å². The van der Waals surface area contributed by atoms with E-state index in [0.29, 0.717) is 5.82 Å². The van der Waals surface area contributed by atoms with Crippen LogP contribution in [0.5, 0.6) is 0 Å². The zero-order chi connectivity index (χ0) is 16.6. The molecule has 8 heteroatoms. The van der Waals surface area contributed by atoms with Crippen LogP contribution >= 0.6 is 11.3 Å². The highest BCUT2D eigenvalue weighted by Gasteiger charge is 2.16. The first-order valence-electron chi connectivity index (χ1n) is 7.62. The number of H-pyrrole nitrogens is 1. The van der Waals surface area contributed by atoms with Gasteiger partial charge >= 0.3 is 0 Å². The molecular formula is C17H11N7S. The molecule has 0 amide bonds. The van der Waals surface area contributed by atoms with E-state index in [0.717, 1.165) is 32.5 Å². The molecule has 0 radical (unpaired) electrons. The molecule has 0 aliphatic carbocycles. The van der Waals surface area contributed by atoms with E-state index < -0.39 is 0 Å². The van der Waals surface area contributed by atoms with E-state index in [1.165, 1.54) is 11.3 Å². The SMILES string of the molecule is c1ccc(-c2cc(-c3nn4c(-c5cccnc5)nnc4s3)[nH]n2)cc1. The molecule has 4 aromatic heterocycles. The van der Waals surface area contributed by atoms with Gasteiger partial charge in [-0.25, -0.2) is 0 Å². The van der Waals surface area contributed by atoms with Crippen LogP contribution in [-0.4, -0.2) is 35.0 Å². The molecule has 120 valence electrons. The Morgan fingerprint density at radius 2 is 1.84 bits per heavy atom. The van der Waals surface area contributed by atoms with Crippen LogP contribution in [0.15, 0.2) is 60.9 Å². The maximum atomic E-state index is 4.64. The van der Waals surface area contributed by atoms with Crippen molar-refractivity contribution in [2.24, 2.45) is 0 Å². The number of fused-ring (bicyclic) bond motifs is 1. The summed E-state index contributed by atoms with van der Waals surface area (Å²) < 4.78 is 1.74. The number of nitrogens with zero attached hydrogens (tertiary/aromatic N) is 6. The molecular weight excluding hydrogens is 334 g/mol. The maximum absolute atomic E-state index is 4.64. The zero-order valence-corrected chi connectivity index (χ0v) is 13.7. The van der Waals surface area contributed by atoms with Crippen molar-refractivity contribution in [3.05, 3.63) is 60.9 Å². The highest BCUT2D eigenvalue weighted by molar-refractivity contribution is 7.19. The van der Waals surface area contributed by atoms with Gasteiger partial charge in [0.05, 0.1) is 11.4 Å². The fraction of sp³-hybridized carbons (Fsp3) is 0. The van der Waals surface area contributed by atoms with Crippen LogP contribution in [0.4, 0.5) is 0 Å². The van der Waals surface area contributed by atoms with Crippen molar-refractivity contribution in [1.29, 1.82) is 0 Å². The quantitative estimate of drug-likeness (QED) is 0.542. The fourth-order valence-electron chi connectivity index (χ4n) is 2.59. The van der Waals surface area contributed by atoms with E-state index in [-0.39, 0.29) is 0 Å². The Labute approximate surface area is 146 Å². The topological polar surface area (TPSA) is 84.6 Å². The second-order valence-electron chi connectivity index (χ2n) is 5.40. The summed E-state index contributed by atoms with van der Waals surface area (Å²) >= 11 is 1.46. The molecule has 5 aromatic rings. The number of hydrogen-bond donors (Lipinski definition) is 1. The largest absolute Gasteiger partial charge is 0.275 e. The average Bonchev–Trinajstić information content (AvgIpc) is 3.38. The lowest BCUT2D eigenvalue weighted by atomic mass is 10.1. The first kappa shape index (κ1) is 14.0. The average molecular weight is 345 g/mol. The third kappa shape index (κ3) is 2.39.